The highest BCUT2D eigenvalue weighted by Crippen LogP contribution is 2.31. The van der Waals surface area contributed by atoms with Crippen LogP contribution in [0.15, 0.2) is 35.9 Å². The molecule has 0 aromatic heterocycles. The van der Waals surface area contributed by atoms with Crippen LogP contribution in [0.5, 0.6) is 0 Å². The number of benzene rings is 1. The van der Waals surface area contributed by atoms with Crippen LogP contribution in [0.1, 0.15) is 37.2 Å². The van der Waals surface area contributed by atoms with Crippen LogP contribution >= 0.6 is 0 Å². The van der Waals surface area contributed by atoms with Crippen LogP contribution in [-0.2, 0) is 9.59 Å². The van der Waals surface area contributed by atoms with Gasteiger partial charge in [-0.3, -0.25) is 14.5 Å². The molecule has 1 aromatic carbocycles. The average molecular weight is 388 g/mol. The van der Waals surface area contributed by atoms with Gasteiger partial charge in [0, 0.05) is 45.1 Å². The molecule has 0 amide bonds. The van der Waals surface area contributed by atoms with Gasteiger partial charge >= 0.3 is 0 Å². The Labute approximate surface area is 165 Å². The van der Waals surface area contributed by atoms with Crippen LogP contribution < -0.4 is 0 Å². The van der Waals surface area contributed by atoms with Crippen molar-refractivity contribution in [3.05, 3.63) is 47.3 Å². The van der Waals surface area contributed by atoms with E-state index in [0.29, 0.717) is 24.8 Å². The molecule has 1 N–H and O–H groups in total. The molecule has 2 fully saturated rings. The van der Waals surface area contributed by atoms with Crippen LogP contribution in [0.2, 0.25) is 0 Å². The largest absolute Gasteiger partial charge is 0.395 e. The molecule has 1 atom stereocenters. The van der Waals surface area contributed by atoms with Crippen molar-refractivity contribution in [1.82, 2.24) is 9.80 Å². The van der Waals surface area contributed by atoms with Crippen molar-refractivity contribution in [1.29, 1.82) is 0 Å². The molecule has 2 aliphatic rings. The Bertz CT molecular complexity index is 709. The van der Waals surface area contributed by atoms with Gasteiger partial charge in [0.1, 0.15) is 5.82 Å². The number of carbonyl (C=O) groups excluding carboxylic acids is 2. The van der Waals surface area contributed by atoms with Gasteiger partial charge in [-0.2, -0.15) is 0 Å². The maximum absolute atomic E-state index is 13.1. The number of Topliss-reactive ketones (excluding diaryl/α,β-unsaturated/α-hetero) is 2. The predicted octanol–water partition coefficient (Wildman–Crippen LogP) is 2.16. The van der Waals surface area contributed by atoms with E-state index in [0.717, 1.165) is 51.3 Å². The van der Waals surface area contributed by atoms with Crippen LogP contribution in [0.3, 0.4) is 0 Å². The molecule has 1 aliphatic carbocycles. The summed E-state index contributed by atoms with van der Waals surface area (Å²) >= 11 is 0. The molecule has 3 rings (SSSR count). The lowest BCUT2D eigenvalue weighted by Crippen LogP contribution is -2.47. The summed E-state index contributed by atoms with van der Waals surface area (Å²) in [6.45, 7) is 5.80. The molecule has 0 spiro atoms. The van der Waals surface area contributed by atoms with Crippen molar-refractivity contribution >= 4 is 11.6 Å². The Morgan fingerprint density at radius 1 is 1.04 bits per heavy atom. The smallest absolute Gasteiger partial charge is 0.173 e. The molecule has 5 nitrogen and oxygen atoms in total. The highest BCUT2D eigenvalue weighted by Gasteiger charge is 2.32. The number of allylic oxidation sites excluding steroid dienone is 2. The van der Waals surface area contributed by atoms with Crippen molar-refractivity contribution in [2.24, 2.45) is 0 Å². The zero-order valence-electron chi connectivity index (χ0n) is 16.3. The molecule has 1 saturated heterocycles. The lowest BCUT2D eigenvalue weighted by atomic mass is 9.79. The number of ketones is 2. The summed E-state index contributed by atoms with van der Waals surface area (Å²) in [4.78, 5) is 29.7. The molecular formula is C22H29FN2O3. The number of nitrogens with zero attached hydrogens (tertiary/aromatic N) is 2. The second-order valence-electron chi connectivity index (χ2n) is 7.60. The third kappa shape index (κ3) is 5.34. The molecule has 1 unspecified atom stereocenters. The Balaban J connectivity index is 1.50. The predicted molar refractivity (Wildman–Crippen MR) is 106 cm³/mol. The minimum absolute atomic E-state index is 0.0685. The SMILES string of the molecule is O=C1CCC(c2ccc(F)cc2)C(=O)C1=CCCCN1CCN(CCO)CC1. The summed E-state index contributed by atoms with van der Waals surface area (Å²) in [5, 5.41) is 8.99. The zero-order valence-corrected chi connectivity index (χ0v) is 16.3. The van der Waals surface area contributed by atoms with E-state index in [-0.39, 0.29) is 29.9 Å². The molecule has 152 valence electrons. The van der Waals surface area contributed by atoms with Gasteiger partial charge in [0.05, 0.1) is 12.2 Å². The van der Waals surface area contributed by atoms with Crippen molar-refractivity contribution in [2.45, 2.75) is 31.6 Å². The lowest BCUT2D eigenvalue weighted by Gasteiger charge is -2.34. The number of piperazine rings is 1. The monoisotopic (exact) mass is 388 g/mol. The number of aliphatic hydroxyl groups is 1. The fourth-order valence-corrected chi connectivity index (χ4v) is 4.03. The molecule has 1 heterocycles. The van der Waals surface area contributed by atoms with E-state index >= 15 is 0 Å². The fourth-order valence-electron chi connectivity index (χ4n) is 4.03. The maximum atomic E-state index is 13.1. The van der Waals surface area contributed by atoms with Crippen molar-refractivity contribution in [3.8, 4) is 0 Å². The van der Waals surface area contributed by atoms with Gasteiger partial charge in [-0.25, -0.2) is 4.39 Å². The van der Waals surface area contributed by atoms with E-state index in [1.54, 1.807) is 12.1 Å². The van der Waals surface area contributed by atoms with Crippen molar-refractivity contribution < 1.29 is 19.1 Å². The first-order valence-electron chi connectivity index (χ1n) is 10.2. The number of halogens is 1. The minimum atomic E-state index is -0.343. The number of aliphatic hydroxyl groups excluding tert-OH is 1. The summed E-state index contributed by atoms with van der Waals surface area (Å²) in [7, 11) is 0. The van der Waals surface area contributed by atoms with Crippen LogP contribution in [0.25, 0.3) is 0 Å². The summed E-state index contributed by atoms with van der Waals surface area (Å²) in [5.74, 6) is -0.860. The first-order chi connectivity index (χ1) is 13.6. The molecule has 1 saturated carbocycles. The van der Waals surface area contributed by atoms with E-state index in [1.165, 1.54) is 12.1 Å². The van der Waals surface area contributed by atoms with Crippen LogP contribution in [-0.4, -0.2) is 72.3 Å². The van der Waals surface area contributed by atoms with Gasteiger partial charge in [0.2, 0.25) is 0 Å². The highest BCUT2D eigenvalue weighted by molar-refractivity contribution is 6.23. The third-order valence-corrected chi connectivity index (χ3v) is 5.72. The Morgan fingerprint density at radius 3 is 2.32 bits per heavy atom. The second kappa shape index (κ2) is 10.0. The van der Waals surface area contributed by atoms with E-state index in [2.05, 4.69) is 9.80 Å². The van der Waals surface area contributed by atoms with Crippen molar-refractivity contribution in [2.75, 3.05) is 45.9 Å². The topological polar surface area (TPSA) is 60.9 Å². The molecule has 0 bridgehead atoms. The number of unbranched alkanes of at least 4 members (excludes halogenated alkanes) is 1. The van der Waals surface area contributed by atoms with Gasteiger partial charge < -0.3 is 10.0 Å². The molecule has 6 heteroatoms. The Kier molecular flexibility index (Phi) is 7.48. The summed E-state index contributed by atoms with van der Waals surface area (Å²) in [5.41, 5.74) is 1.11. The maximum Gasteiger partial charge on any atom is 0.173 e. The van der Waals surface area contributed by atoms with Gasteiger partial charge in [-0.1, -0.05) is 18.2 Å². The van der Waals surface area contributed by atoms with Gasteiger partial charge in [-0.05, 0) is 43.5 Å². The lowest BCUT2D eigenvalue weighted by molar-refractivity contribution is -0.124. The summed E-state index contributed by atoms with van der Waals surface area (Å²) < 4.78 is 13.1. The Morgan fingerprint density at radius 2 is 1.68 bits per heavy atom. The van der Waals surface area contributed by atoms with E-state index in [9.17, 15) is 14.0 Å². The normalized spacial score (nSPS) is 23.5. The fraction of sp³-hybridized carbons (Fsp3) is 0.545. The van der Waals surface area contributed by atoms with Gasteiger partial charge in [0.15, 0.2) is 11.6 Å². The second-order valence-corrected chi connectivity index (χ2v) is 7.60. The summed E-state index contributed by atoms with van der Waals surface area (Å²) in [6, 6.07) is 6.01. The Hall–Kier alpha value is -1.89. The quantitative estimate of drug-likeness (QED) is 0.441. The van der Waals surface area contributed by atoms with Gasteiger partial charge in [-0.15, -0.1) is 0 Å². The standard InChI is InChI=1S/C22H29FN2O3/c23-18-6-4-17(5-7-18)19-8-9-21(27)20(22(19)28)3-1-2-10-24-11-13-25(14-12-24)15-16-26/h3-7,19,26H,1-2,8-16H2. The molecule has 1 aromatic rings. The number of hydrogen-bond acceptors (Lipinski definition) is 5. The van der Waals surface area contributed by atoms with Crippen molar-refractivity contribution in [3.63, 3.8) is 0 Å². The number of β-amino-alcohol motifs (C(OH)–C–C–N with tert-alkyl or cyclic N) is 1. The van der Waals surface area contributed by atoms with E-state index in [1.807, 2.05) is 6.08 Å². The van der Waals surface area contributed by atoms with Crippen LogP contribution in [0.4, 0.5) is 4.39 Å². The minimum Gasteiger partial charge on any atom is -0.395 e. The van der Waals surface area contributed by atoms with Gasteiger partial charge in [0.25, 0.3) is 0 Å². The van der Waals surface area contributed by atoms with E-state index < -0.39 is 0 Å². The van der Waals surface area contributed by atoms with Crippen LogP contribution in [0, 0.1) is 5.82 Å². The first-order valence-corrected chi connectivity index (χ1v) is 10.2. The zero-order chi connectivity index (χ0) is 19.9. The molecule has 28 heavy (non-hydrogen) atoms. The number of hydrogen-bond donors (Lipinski definition) is 1. The van der Waals surface area contributed by atoms with E-state index in [4.69, 9.17) is 5.11 Å². The highest BCUT2D eigenvalue weighted by atomic mass is 19.1. The number of rotatable bonds is 7. The number of carbonyl (C=O) groups is 2. The molecular weight excluding hydrogens is 359 g/mol. The molecule has 1 aliphatic heterocycles. The summed E-state index contributed by atoms with van der Waals surface area (Å²) in [6.07, 6.45) is 4.29. The first kappa shape index (κ1) is 20.8. The average Bonchev–Trinajstić information content (AvgIpc) is 2.70. The third-order valence-electron chi connectivity index (χ3n) is 5.72. The molecule has 0 radical (unpaired) electrons.